The van der Waals surface area contributed by atoms with Crippen LogP contribution >= 0.6 is 23.2 Å². The second kappa shape index (κ2) is 8.69. The highest BCUT2D eigenvalue weighted by atomic mass is 35.5. The van der Waals surface area contributed by atoms with Crippen molar-refractivity contribution in [2.45, 2.75) is 24.2 Å². The second-order valence-electron chi connectivity index (χ2n) is 6.41. The van der Waals surface area contributed by atoms with Crippen molar-refractivity contribution in [2.75, 3.05) is 25.5 Å². The Morgan fingerprint density at radius 3 is 2.46 bits per heavy atom. The van der Waals surface area contributed by atoms with Crippen molar-refractivity contribution in [1.82, 2.24) is 4.31 Å². The number of benzene rings is 2. The lowest BCUT2D eigenvalue weighted by molar-refractivity contribution is 0.102. The zero-order chi connectivity index (χ0) is 20.3. The summed E-state index contributed by atoms with van der Waals surface area (Å²) in [5.74, 6) is -0.132. The minimum absolute atomic E-state index is 0.0435. The van der Waals surface area contributed by atoms with Crippen molar-refractivity contribution in [1.29, 1.82) is 0 Å². The number of methoxy groups -OCH3 is 1. The smallest absolute Gasteiger partial charge is 0.257 e. The molecule has 1 fully saturated rings. The van der Waals surface area contributed by atoms with Crippen LogP contribution in [0, 0.1) is 0 Å². The molecule has 1 saturated heterocycles. The van der Waals surface area contributed by atoms with Crippen LogP contribution in [0.5, 0.6) is 5.75 Å². The summed E-state index contributed by atoms with van der Waals surface area (Å²) in [7, 11) is -2.21. The standard InChI is InChI=1S/C19H20Cl2N2O4S/c1-27-18-8-5-13(20)11-17(18)22-19(24)15-12-14(6-7-16(15)21)28(25,26)23-9-3-2-4-10-23/h5-8,11-12H,2-4,9-10H2,1H3,(H,22,24). The van der Waals surface area contributed by atoms with Crippen molar-refractivity contribution in [3.05, 3.63) is 52.0 Å². The third kappa shape index (κ3) is 4.43. The molecule has 1 aliphatic heterocycles. The van der Waals surface area contributed by atoms with E-state index in [1.165, 1.54) is 29.6 Å². The van der Waals surface area contributed by atoms with E-state index in [0.717, 1.165) is 19.3 Å². The predicted molar refractivity (Wildman–Crippen MR) is 110 cm³/mol. The van der Waals surface area contributed by atoms with E-state index in [1.54, 1.807) is 18.2 Å². The van der Waals surface area contributed by atoms with E-state index in [9.17, 15) is 13.2 Å². The minimum Gasteiger partial charge on any atom is -0.495 e. The van der Waals surface area contributed by atoms with E-state index in [2.05, 4.69) is 5.32 Å². The quantitative estimate of drug-likeness (QED) is 0.742. The summed E-state index contributed by atoms with van der Waals surface area (Å²) < 4.78 is 32.4. The maximum atomic E-state index is 12.9. The third-order valence-corrected chi connectivity index (χ3v) is 7.00. The first kappa shape index (κ1) is 20.9. The molecule has 0 unspecified atom stereocenters. The van der Waals surface area contributed by atoms with E-state index < -0.39 is 15.9 Å². The van der Waals surface area contributed by atoms with Crippen LogP contribution in [0.15, 0.2) is 41.3 Å². The molecular formula is C19H20Cl2N2O4S. The van der Waals surface area contributed by atoms with Crippen molar-refractivity contribution >= 4 is 44.8 Å². The number of nitrogens with zero attached hydrogens (tertiary/aromatic N) is 1. The molecule has 3 rings (SSSR count). The molecule has 6 nitrogen and oxygen atoms in total. The van der Waals surface area contributed by atoms with E-state index in [1.807, 2.05) is 0 Å². The maximum absolute atomic E-state index is 12.9. The second-order valence-corrected chi connectivity index (χ2v) is 9.19. The Hall–Kier alpha value is -1.80. The van der Waals surface area contributed by atoms with Crippen LogP contribution in [0.1, 0.15) is 29.6 Å². The summed E-state index contributed by atoms with van der Waals surface area (Å²) in [5, 5.41) is 3.25. The van der Waals surface area contributed by atoms with Crippen LogP contribution in [0.3, 0.4) is 0 Å². The van der Waals surface area contributed by atoms with Gasteiger partial charge in [-0.3, -0.25) is 4.79 Å². The normalized spacial score (nSPS) is 15.2. The monoisotopic (exact) mass is 442 g/mol. The molecule has 9 heteroatoms. The molecule has 0 spiro atoms. The van der Waals surface area contributed by atoms with Gasteiger partial charge in [0.15, 0.2) is 0 Å². The number of amides is 1. The van der Waals surface area contributed by atoms with Crippen LogP contribution in [0.25, 0.3) is 0 Å². The summed E-state index contributed by atoms with van der Waals surface area (Å²) in [6.45, 7) is 0.957. The Morgan fingerprint density at radius 2 is 1.79 bits per heavy atom. The number of hydrogen-bond donors (Lipinski definition) is 1. The first-order chi connectivity index (χ1) is 13.3. The lowest BCUT2D eigenvalue weighted by Gasteiger charge is -2.26. The highest BCUT2D eigenvalue weighted by Gasteiger charge is 2.27. The van der Waals surface area contributed by atoms with Crippen LogP contribution in [0.4, 0.5) is 5.69 Å². The molecule has 2 aromatic rings. The number of ether oxygens (including phenoxy) is 1. The molecule has 0 saturated carbocycles. The van der Waals surface area contributed by atoms with Gasteiger partial charge in [-0.2, -0.15) is 4.31 Å². The first-order valence-corrected chi connectivity index (χ1v) is 11.0. The lowest BCUT2D eigenvalue weighted by atomic mass is 10.2. The molecule has 1 heterocycles. The predicted octanol–water partition coefficient (Wildman–Crippen LogP) is 4.43. The first-order valence-electron chi connectivity index (χ1n) is 8.77. The highest BCUT2D eigenvalue weighted by molar-refractivity contribution is 7.89. The van der Waals surface area contributed by atoms with E-state index >= 15 is 0 Å². The average molecular weight is 443 g/mol. The van der Waals surface area contributed by atoms with Crippen LogP contribution in [-0.2, 0) is 10.0 Å². The molecule has 0 bridgehead atoms. The van der Waals surface area contributed by atoms with Crippen molar-refractivity contribution in [2.24, 2.45) is 0 Å². The molecule has 2 aromatic carbocycles. The van der Waals surface area contributed by atoms with Crippen LogP contribution in [-0.4, -0.2) is 38.8 Å². The Balaban J connectivity index is 1.91. The fraction of sp³-hybridized carbons (Fsp3) is 0.316. The number of sulfonamides is 1. The third-order valence-electron chi connectivity index (χ3n) is 4.54. The van der Waals surface area contributed by atoms with Gasteiger partial charge in [-0.25, -0.2) is 8.42 Å². The number of hydrogen-bond acceptors (Lipinski definition) is 4. The van der Waals surface area contributed by atoms with Crippen LogP contribution in [0.2, 0.25) is 10.0 Å². The molecule has 150 valence electrons. The van der Waals surface area contributed by atoms with Gasteiger partial charge >= 0.3 is 0 Å². The minimum atomic E-state index is -3.68. The van der Waals surface area contributed by atoms with E-state index in [0.29, 0.717) is 29.5 Å². The van der Waals surface area contributed by atoms with Gasteiger partial charge in [-0.1, -0.05) is 29.6 Å². The average Bonchev–Trinajstić information content (AvgIpc) is 2.69. The lowest BCUT2D eigenvalue weighted by Crippen LogP contribution is -2.35. The topological polar surface area (TPSA) is 75.7 Å². The Bertz CT molecular complexity index is 989. The van der Waals surface area contributed by atoms with Gasteiger partial charge in [0.05, 0.1) is 28.3 Å². The summed E-state index contributed by atoms with van der Waals surface area (Å²) in [6, 6.07) is 8.94. The molecule has 28 heavy (non-hydrogen) atoms. The van der Waals surface area contributed by atoms with Crippen molar-refractivity contribution in [3.8, 4) is 5.75 Å². The van der Waals surface area contributed by atoms with Gasteiger partial charge in [-0.15, -0.1) is 0 Å². The molecule has 0 aromatic heterocycles. The van der Waals surface area contributed by atoms with E-state index in [-0.39, 0.29) is 15.5 Å². The molecule has 0 aliphatic carbocycles. The maximum Gasteiger partial charge on any atom is 0.257 e. The van der Waals surface area contributed by atoms with Gasteiger partial charge < -0.3 is 10.1 Å². The molecule has 0 atom stereocenters. The van der Waals surface area contributed by atoms with Gasteiger partial charge in [0.1, 0.15) is 5.75 Å². The van der Waals surface area contributed by atoms with Gasteiger partial charge in [0.2, 0.25) is 10.0 Å². The summed E-state index contributed by atoms with van der Waals surface area (Å²) in [4.78, 5) is 12.8. The zero-order valence-corrected chi connectivity index (χ0v) is 17.6. The molecular weight excluding hydrogens is 423 g/mol. The van der Waals surface area contributed by atoms with E-state index in [4.69, 9.17) is 27.9 Å². The fourth-order valence-electron chi connectivity index (χ4n) is 3.06. The van der Waals surface area contributed by atoms with Gasteiger partial charge in [0, 0.05) is 18.1 Å². The SMILES string of the molecule is COc1ccc(Cl)cc1NC(=O)c1cc(S(=O)(=O)N2CCCCC2)ccc1Cl. The summed E-state index contributed by atoms with van der Waals surface area (Å²) in [5.41, 5.74) is 0.419. The van der Waals surface area contributed by atoms with Crippen molar-refractivity contribution in [3.63, 3.8) is 0 Å². The number of carbonyl (C=O) groups excluding carboxylic acids is 1. The Morgan fingerprint density at radius 1 is 1.07 bits per heavy atom. The molecule has 1 aliphatic rings. The molecule has 0 radical (unpaired) electrons. The van der Waals surface area contributed by atoms with Crippen molar-refractivity contribution < 1.29 is 17.9 Å². The molecule has 1 amide bonds. The number of anilines is 1. The number of halogens is 2. The number of piperidine rings is 1. The highest BCUT2D eigenvalue weighted by Crippen LogP contribution is 2.30. The largest absolute Gasteiger partial charge is 0.495 e. The Kier molecular flexibility index (Phi) is 6.50. The van der Waals surface area contributed by atoms with Gasteiger partial charge in [-0.05, 0) is 49.2 Å². The van der Waals surface area contributed by atoms with Gasteiger partial charge in [0.25, 0.3) is 5.91 Å². The van der Waals surface area contributed by atoms with Crippen LogP contribution < -0.4 is 10.1 Å². The molecule has 1 N–H and O–H groups in total. The number of rotatable bonds is 5. The summed E-state index contributed by atoms with van der Waals surface area (Å²) >= 11 is 12.2. The Labute approximate surface area is 174 Å². The zero-order valence-electron chi connectivity index (χ0n) is 15.2. The fourth-order valence-corrected chi connectivity index (χ4v) is 4.98. The number of nitrogens with one attached hydrogen (secondary N) is 1. The number of carbonyl (C=O) groups is 1. The summed E-state index contributed by atoms with van der Waals surface area (Å²) in [6.07, 6.45) is 2.67.